The van der Waals surface area contributed by atoms with Gasteiger partial charge in [0.15, 0.2) is 6.61 Å². The number of rotatable bonds is 3. The number of anilines is 2. The number of fused-ring (bicyclic) bond motifs is 1. The summed E-state index contributed by atoms with van der Waals surface area (Å²) >= 11 is 11.8. The van der Waals surface area contributed by atoms with Gasteiger partial charge in [-0.15, -0.1) is 0 Å². The topological polar surface area (TPSA) is 75.7 Å². The zero-order valence-corrected chi connectivity index (χ0v) is 14.3. The van der Waals surface area contributed by atoms with Crippen LogP contribution in [0.3, 0.4) is 0 Å². The molecule has 1 aliphatic rings. The van der Waals surface area contributed by atoms with Crippen LogP contribution in [-0.4, -0.2) is 30.9 Å². The minimum atomic E-state index is -0.768. The Morgan fingerprint density at radius 2 is 1.88 bits per heavy atom. The van der Waals surface area contributed by atoms with E-state index in [1.807, 2.05) is 0 Å². The van der Waals surface area contributed by atoms with E-state index in [4.69, 9.17) is 27.9 Å². The Balaban J connectivity index is 1.72. The maximum absolute atomic E-state index is 12.4. The highest BCUT2D eigenvalue weighted by atomic mass is 35.5. The van der Waals surface area contributed by atoms with Gasteiger partial charge in [-0.1, -0.05) is 41.4 Å². The summed E-state index contributed by atoms with van der Waals surface area (Å²) in [6.45, 7) is -0.672. The standard InChI is InChI=1S/C17H12Cl2N2O4/c18-11-5-3-4-10(16(11)19)17(24)25-9-15(23)21-8-14(22)20-12-6-1-2-7-13(12)21/h1-7H,8-9H2,(H,20,22). The minimum Gasteiger partial charge on any atom is -0.452 e. The fourth-order valence-corrected chi connectivity index (χ4v) is 2.78. The van der Waals surface area contributed by atoms with Crippen molar-refractivity contribution >= 4 is 52.4 Å². The number of hydrogen-bond donors (Lipinski definition) is 1. The van der Waals surface area contributed by atoms with Crippen LogP contribution in [0, 0.1) is 0 Å². The highest BCUT2D eigenvalue weighted by molar-refractivity contribution is 6.43. The van der Waals surface area contributed by atoms with Crippen molar-refractivity contribution in [3.8, 4) is 0 Å². The molecule has 0 fully saturated rings. The first-order valence-electron chi connectivity index (χ1n) is 7.28. The Bertz CT molecular complexity index is 869. The smallest absolute Gasteiger partial charge is 0.340 e. The molecule has 0 bridgehead atoms. The van der Waals surface area contributed by atoms with Gasteiger partial charge in [0.25, 0.3) is 5.91 Å². The van der Waals surface area contributed by atoms with Crippen molar-refractivity contribution < 1.29 is 19.1 Å². The van der Waals surface area contributed by atoms with Crippen LogP contribution in [0.25, 0.3) is 0 Å². The molecule has 0 saturated heterocycles. The molecule has 0 atom stereocenters. The molecule has 0 saturated carbocycles. The average molecular weight is 379 g/mol. The molecule has 1 heterocycles. The molecule has 1 N–H and O–H groups in total. The van der Waals surface area contributed by atoms with Crippen LogP contribution in [0.2, 0.25) is 10.0 Å². The first-order valence-corrected chi connectivity index (χ1v) is 8.03. The van der Waals surface area contributed by atoms with Gasteiger partial charge in [-0.05, 0) is 24.3 Å². The van der Waals surface area contributed by atoms with Gasteiger partial charge < -0.3 is 10.1 Å². The molecule has 1 aliphatic heterocycles. The van der Waals surface area contributed by atoms with E-state index in [0.717, 1.165) is 0 Å². The maximum atomic E-state index is 12.4. The van der Waals surface area contributed by atoms with Gasteiger partial charge >= 0.3 is 5.97 Å². The number of hydrogen-bond acceptors (Lipinski definition) is 4. The third-order valence-electron chi connectivity index (χ3n) is 3.57. The van der Waals surface area contributed by atoms with E-state index >= 15 is 0 Å². The van der Waals surface area contributed by atoms with Crippen molar-refractivity contribution in [2.75, 3.05) is 23.4 Å². The average Bonchev–Trinajstić information content (AvgIpc) is 2.61. The summed E-state index contributed by atoms with van der Waals surface area (Å²) in [5.74, 6) is -1.61. The van der Waals surface area contributed by atoms with E-state index < -0.39 is 18.5 Å². The van der Waals surface area contributed by atoms with Crippen LogP contribution in [0.4, 0.5) is 11.4 Å². The number of carbonyl (C=O) groups is 3. The molecule has 2 aromatic carbocycles. The number of esters is 1. The Labute approximate surface area is 153 Å². The second kappa shape index (κ2) is 7.13. The highest BCUT2D eigenvalue weighted by Crippen LogP contribution is 2.29. The van der Waals surface area contributed by atoms with Crippen LogP contribution < -0.4 is 10.2 Å². The summed E-state index contributed by atoms with van der Waals surface area (Å²) in [5, 5.41) is 2.95. The minimum absolute atomic E-state index is 0.0595. The number of halogens is 2. The van der Waals surface area contributed by atoms with Crippen LogP contribution in [-0.2, 0) is 14.3 Å². The molecule has 0 radical (unpaired) electrons. The van der Waals surface area contributed by atoms with Crippen molar-refractivity contribution in [2.45, 2.75) is 0 Å². The molecule has 0 aliphatic carbocycles. The number of nitrogens with zero attached hydrogens (tertiary/aromatic N) is 1. The molecule has 2 amide bonds. The van der Waals surface area contributed by atoms with Crippen LogP contribution >= 0.6 is 23.2 Å². The van der Waals surface area contributed by atoms with Crippen molar-refractivity contribution in [1.82, 2.24) is 0 Å². The summed E-state index contributed by atoms with van der Waals surface area (Å²) in [6, 6.07) is 11.4. The van der Waals surface area contributed by atoms with E-state index in [1.165, 1.54) is 17.0 Å². The molecule has 8 heteroatoms. The Hall–Kier alpha value is -2.57. The molecule has 3 rings (SSSR count). The van der Waals surface area contributed by atoms with Crippen LogP contribution in [0.15, 0.2) is 42.5 Å². The molecule has 128 valence electrons. The summed E-state index contributed by atoms with van der Waals surface area (Å²) in [4.78, 5) is 37.5. The van der Waals surface area contributed by atoms with E-state index in [2.05, 4.69) is 5.32 Å². The van der Waals surface area contributed by atoms with Gasteiger partial charge in [-0.3, -0.25) is 14.5 Å². The lowest BCUT2D eigenvalue weighted by molar-refractivity contribution is -0.124. The Kier molecular flexibility index (Phi) is 4.92. The first-order chi connectivity index (χ1) is 12.0. The van der Waals surface area contributed by atoms with Gasteiger partial charge in [0.1, 0.15) is 6.54 Å². The third-order valence-corrected chi connectivity index (χ3v) is 4.39. The SMILES string of the molecule is O=C1CN(C(=O)COC(=O)c2cccc(Cl)c2Cl)c2ccccc2N1. The van der Waals surface area contributed by atoms with Gasteiger partial charge in [0.2, 0.25) is 5.91 Å². The van der Waals surface area contributed by atoms with Gasteiger partial charge in [-0.2, -0.15) is 0 Å². The van der Waals surface area contributed by atoms with Crippen molar-refractivity contribution in [3.05, 3.63) is 58.1 Å². The fourth-order valence-electron chi connectivity index (χ4n) is 2.40. The van der Waals surface area contributed by atoms with Crippen molar-refractivity contribution in [3.63, 3.8) is 0 Å². The lowest BCUT2D eigenvalue weighted by atomic mass is 10.2. The summed E-state index contributed by atoms with van der Waals surface area (Å²) < 4.78 is 5.02. The number of carbonyl (C=O) groups excluding carboxylic acids is 3. The summed E-state index contributed by atoms with van der Waals surface area (Å²) in [5.41, 5.74) is 1.14. The van der Waals surface area contributed by atoms with E-state index in [0.29, 0.717) is 11.4 Å². The Morgan fingerprint density at radius 1 is 1.12 bits per heavy atom. The molecular weight excluding hydrogens is 367 g/mol. The monoisotopic (exact) mass is 378 g/mol. The fraction of sp³-hybridized carbons (Fsp3) is 0.118. The molecule has 0 aromatic heterocycles. The molecule has 0 spiro atoms. The number of para-hydroxylation sites is 2. The molecule has 25 heavy (non-hydrogen) atoms. The van der Waals surface area contributed by atoms with Gasteiger partial charge in [0.05, 0.1) is 27.0 Å². The zero-order chi connectivity index (χ0) is 18.0. The van der Waals surface area contributed by atoms with Crippen molar-refractivity contribution in [2.24, 2.45) is 0 Å². The van der Waals surface area contributed by atoms with E-state index in [9.17, 15) is 14.4 Å². The number of benzene rings is 2. The van der Waals surface area contributed by atoms with Crippen LogP contribution in [0.1, 0.15) is 10.4 Å². The second-order valence-corrected chi connectivity index (χ2v) is 6.01. The molecule has 0 unspecified atom stereocenters. The largest absolute Gasteiger partial charge is 0.452 e. The van der Waals surface area contributed by atoms with E-state index in [1.54, 1.807) is 30.3 Å². The maximum Gasteiger partial charge on any atom is 0.340 e. The Morgan fingerprint density at radius 3 is 2.68 bits per heavy atom. The molecule has 6 nitrogen and oxygen atoms in total. The normalized spacial score (nSPS) is 13.0. The van der Waals surface area contributed by atoms with Crippen LogP contribution in [0.5, 0.6) is 0 Å². The summed E-state index contributed by atoms with van der Waals surface area (Å²) in [6.07, 6.45) is 0. The lowest BCUT2D eigenvalue weighted by Gasteiger charge is -2.28. The quantitative estimate of drug-likeness (QED) is 0.832. The van der Waals surface area contributed by atoms with Crippen molar-refractivity contribution in [1.29, 1.82) is 0 Å². The first kappa shape index (κ1) is 17.3. The number of amides is 2. The lowest BCUT2D eigenvalue weighted by Crippen LogP contribution is -2.44. The predicted molar refractivity (Wildman–Crippen MR) is 94.2 cm³/mol. The predicted octanol–water partition coefficient (Wildman–Crippen LogP) is 3.14. The highest BCUT2D eigenvalue weighted by Gasteiger charge is 2.27. The molecular formula is C17H12Cl2N2O4. The third kappa shape index (κ3) is 3.60. The number of nitrogens with one attached hydrogen (secondary N) is 1. The molecule has 2 aromatic rings. The number of ether oxygens (including phenoxy) is 1. The zero-order valence-electron chi connectivity index (χ0n) is 12.8. The summed E-state index contributed by atoms with van der Waals surface area (Å²) in [7, 11) is 0. The second-order valence-electron chi connectivity index (χ2n) is 5.22. The van der Waals surface area contributed by atoms with E-state index in [-0.39, 0.29) is 28.1 Å². The van der Waals surface area contributed by atoms with Gasteiger partial charge in [-0.25, -0.2) is 4.79 Å². The van der Waals surface area contributed by atoms with Gasteiger partial charge in [0, 0.05) is 0 Å².